The van der Waals surface area contributed by atoms with Gasteiger partial charge in [-0.25, -0.2) is 19.1 Å². The maximum absolute atomic E-state index is 10.8. The van der Waals surface area contributed by atoms with E-state index in [9.17, 15) is 13.6 Å². The predicted octanol–water partition coefficient (Wildman–Crippen LogP) is 0.423. The molecule has 0 saturated heterocycles. The number of carboxylic acids is 1. The molecule has 2 aromatic rings. The van der Waals surface area contributed by atoms with Crippen LogP contribution in [0.25, 0.3) is 10.9 Å². The Bertz CT molecular complexity index is 626. The summed E-state index contributed by atoms with van der Waals surface area (Å²) in [7, 11) is 1.37. The van der Waals surface area contributed by atoms with Crippen molar-refractivity contribution in [2.75, 3.05) is 12.1 Å². The van der Waals surface area contributed by atoms with E-state index in [0.717, 1.165) is 5.06 Å². The molecule has 0 aromatic carbocycles. The number of hydrogen-bond acceptors (Lipinski definition) is 6. The van der Waals surface area contributed by atoms with Crippen molar-refractivity contribution in [1.29, 1.82) is 0 Å². The second-order valence-electron chi connectivity index (χ2n) is 3.39. The Morgan fingerprint density at radius 3 is 2.94 bits per heavy atom. The van der Waals surface area contributed by atoms with Gasteiger partial charge in [-0.2, -0.15) is 4.28 Å². The fourth-order valence-electron chi connectivity index (χ4n) is 1.43. The number of H-pyrrole nitrogens is 1. The zero-order valence-electron chi connectivity index (χ0n) is 9.11. The summed E-state index contributed by atoms with van der Waals surface area (Å²) in [5.41, 5.74) is 0.546. The van der Waals surface area contributed by atoms with Gasteiger partial charge < -0.3 is 14.6 Å². The van der Waals surface area contributed by atoms with Crippen molar-refractivity contribution in [2.24, 2.45) is 0 Å². The number of carboxylic acid groups (broad SMARTS) is 1. The number of carbonyl (C=O) groups is 1. The molecule has 0 amide bonds. The first kappa shape index (κ1) is 12.5. The highest BCUT2D eigenvalue weighted by Gasteiger charge is 2.10. The second-order valence-corrected chi connectivity index (χ2v) is 3.95. The number of fused-ring (bicyclic) bond motifs is 1. The highest BCUT2D eigenvalue weighted by Crippen LogP contribution is 2.19. The molecule has 0 fully saturated rings. The minimum absolute atomic E-state index is 0.0277. The number of nitrogens with one attached hydrogen (secondary N) is 1. The van der Waals surface area contributed by atoms with Crippen molar-refractivity contribution in [3.05, 3.63) is 24.0 Å². The summed E-state index contributed by atoms with van der Waals surface area (Å²) in [6, 6.07) is 2.91. The normalized spacial score (nSPS) is 12.6. The molecule has 1 unspecified atom stereocenters. The molecule has 0 aliphatic heterocycles. The summed E-state index contributed by atoms with van der Waals surface area (Å²) >= 11 is -2.70. The van der Waals surface area contributed by atoms with Crippen LogP contribution in [0.15, 0.2) is 18.3 Å². The maximum atomic E-state index is 10.8. The quantitative estimate of drug-likeness (QED) is 0.610. The fraction of sp³-hybridized carbons (Fsp3) is 0.111. The van der Waals surface area contributed by atoms with Gasteiger partial charge in [-0.3, -0.25) is 0 Å². The highest BCUT2D eigenvalue weighted by atomic mass is 32.2. The molecule has 8 nitrogen and oxygen atoms in total. The Hall–Kier alpha value is -1.97. The molecule has 1 atom stereocenters. The molecular formula is C9H8N3O5S-. The molecule has 2 heterocycles. The Labute approximate surface area is 104 Å². The molecule has 2 rings (SSSR count). The number of anilines is 1. The first-order chi connectivity index (χ1) is 8.47. The van der Waals surface area contributed by atoms with Crippen LogP contribution in [0.5, 0.6) is 0 Å². The Morgan fingerprint density at radius 1 is 1.61 bits per heavy atom. The third kappa shape index (κ3) is 2.47. The lowest BCUT2D eigenvalue weighted by atomic mass is 10.3. The van der Waals surface area contributed by atoms with Crippen LogP contribution in [0.2, 0.25) is 0 Å². The van der Waals surface area contributed by atoms with Gasteiger partial charge in [0.05, 0.1) is 5.52 Å². The topological polar surface area (TPSA) is 119 Å². The van der Waals surface area contributed by atoms with E-state index in [-0.39, 0.29) is 11.5 Å². The van der Waals surface area contributed by atoms with Crippen molar-refractivity contribution < 1.29 is 22.9 Å². The first-order valence-electron chi connectivity index (χ1n) is 4.71. The van der Waals surface area contributed by atoms with E-state index in [0.29, 0.717) is 10.9 Å². The molecule has 9 heteroatoms. The van der Waals surface area contributed by atoms with Crippen LogP contribution < -0.4 is 5.06 Å². The molecule has 0 spiro atoms. The second kappa shape index (κ2) is 4.72. The van der Waals surface area contributed by atoms with Gasteiger partial charge in [0.1, 0.15) is 17.1 Å². The van der Waals surface area contributed by atoms with Crippen LogP contribution in [0.3, 0.4) is 0 Å². The lowest BCUT2D eigenvalue weighted by molar-refractivity contribution is 0.0691. The number of hydrogen-bond donors (Lipinski definition) is 2. The van der Waals surface area contributed by atoms with Crippen LogP contribution in [-0.2, 0) is 15.6 Å². The summed E-state index contributed by atoms with van der Waals surface area (Å²) in [4.78, 5) is 17.4. The van der Waals surface area contributed by atoms with Crippen LogP contribution in [0.4, 0.5) is 5.82 Å². The van der Waals surface area contributed by atoms with Gasteiger partial charge in [-0.1, -0.05) is 0 Å². The van der Waals surface area contributed by atoms with Gasteiger partial charge in [0.2, 0.25) is 0 Å². The molecule has 0 aliphatic rings. The largest absolute Gasteiger partial charge is 0.748 e. The standard InChI is InChI=1S/C9H9N3O5S/c1-12(17-18(15)16)8-3-6-5(4-10-8)2-7(11-6)9(13)14/h2-4,11H,1H3,(H,13,14)(H,15,16)/p-1. The van der Waals surface area contributed by atoms with Crippen molar-refractivity contribution in [1.82, 2.24) is 9.97 Å². The molecular weight excluding hydrogens is 262 g/mol. The van der Waals surface area contributed by atoms with Gasteiger partial charge in [0.15, 0.2) is 5.82 Å². The van der Waals surface area contributed by atoms with Gasteiger partial charge in [0, 0.05) is 24.7 Å². The molecule has 0 bridgehead atoms. The molecule has 0 aliphatic carbocycles. The predicted molar refractivity (Wildman–Crippen MR) is 61.5 cm³/mol. The van der Waals surface area contributed by atoms with Crippen molar-refractivity contribution in [3.63, 3.8) is 0 Å². The number of pyridine rings is 1. The number of rotatable bonds is 4. The smallest absolute Gasteiger partial charge is 0.352 e. The summed E-state index contributed by atoms with van der Waals surface area (Å²) < 4.78 is 25.1. The maximum Gasteiger partial charge on any atom is 0.352 e. The lowest BCUT2D eigenvalue weighted by Crippen LogP contribution is -2.19. The first-order valence-corrected chi connectivity index (χ1v) is 5.71. The number of aromatic amines is 1. The lowest BCUT2D eigenvalue weighted by Gasteiger charge is -2.17. The average Bonchev–Trinajstić information content (AvgIpc) is 2.70. The summed E-state index contributed by atoms with van der Waals surface area (Å²) in [5.74, 6) is -0.858. The minimum Gasteiger partial charge on any atom is -0.748 e. The fourth-order valence-corrected chi connectivity index (χ4v) is 1.69. The number of aromatic nitrogens is 2. The van der Waals surface area contributed by atoms with E-state index < -0.39 is 17.3 Å². The monoisotopic (exact) mass is 270 g/mol. The third-order valence-electron chi connectivity index (χ3n) is 2.22. The van der Waals surface area contributed by atoms with Crippen LogP contribution in [0, 0.1) is 0 Å². The SMILES string of the molecule is CN(OS(=O)[O-])c1cc2[nH]c(C(=O)O)cc2cn1. The minimum atomic E-state index is -2.70. The Morgan fingerprint density at radius 2 is 2.33 bits per heavy atom. The average molecular weight is 270 g/mol. The van der Waals surface area contributed by atoms with Gasteiger partial charge in [-0.05, 0) is 6.07 Å². The molecule has 0 radical (unpaired) electrons. The van der Waals surface area contributed by atoms with E-state index in [1.807, 2.05) is 0 Å². The van der Waals surface area contributed by atoms with E-state index >= 15 is 0 Å². The Balaban J connectivity index is 2.37. The molecule has 2 N–H and O–H groups in total. The van der Waals surface area contributed by atoms with Crippen molar-refractivity contribution in [2.45, 2.75) is 0 Å². The van der Waals surface area contributed by atoms with E-state index in [1.54, 1.807) is 0 Å². The summed E-state index contributed by atoms with van der Waals surface area (Å²) in [6.45, 7) is 0. The van der Waals surface area contributed by atoms with Gasteiger partial charge >= 0.3 is 5.97 Å². The molecule has 0 saturated carbocycles. The van der Waals surface area contributed by atoms with Crippen LogP contribution in [-0.4, -0.2) is 36.9 Å². The van der Waals surface area contributed by atoms with Gasteiger partial charge in [-0.15, -0.1) is 0 Å². The van der Waals surface area contributed by atoms with Crippen LogP contribution >= 0.6 is 0 Å². The number of aromatic carboxylic acids is 1. The molecule has 18 heavy (non-hydrogen) atoms. The highest BCUT2D eigenvalue weighted by molar-refractivity contribution is 7.74. The summed E-state index contributed by atoms with van der Waals surface area (Å²) in [5, 5.41) is 10.4. The van der Waals surface area contributed by atoms with E-state index in [4.69, 9.17) is 5.11 Å². The zero-order valence-corrected chi connectivity index (χ0v) is 9.93. The number of nitrogens with zero attached hydrogens (tertiary/aromatic N) is 2. The van der Waals surface area contributed by atoms with Crippen LogP contribution in [0.1, 0.15) is 10.5 Å². The third-order valence-corrected chi connectivity index (χ3v) is 2.56. The van der Waals surface area contributed by atoms with E-state index in [2.05, 4.69) is 14.3 Å². The van der Waals surface area contributed by atoms with Crippen molar-refractivity contribution in [3.8, 4) is 0 Å². The van der Waals surface area contributed by atoms with Crippen molar-refractivity contribution >= 4 is 34.1 Å². The van der Waals surface area contributed by atoms with Gasteiger partial charge in [0.25, 0.3) is 0 Å². The molecule has 96 valence electrons. The Kier molecular flexibility index (Phi) is 3.28. The number of hydroxylamine groups is 1. The molecule has 2 aromatic heterocycles. The van der Waals surface area contributed by atoms with E-state index in [1.165, 1.54) is 25.4 Å². The summed E-state index contributed by atoms with van der Waals surface area (Å²) in [6.07, 6.45) is 1.42. The zero-order chi connectivity index (χ0) is 13.3.